The average Bonchev–Trinajstić information content (AvgIpc) is 2.59. The van der Waals surface area contributed by atoms with E-state index < -0.39 is 5.97 Å². The number of aromatic hydroxyl groups is 2. The number of aliphatic carboxylic acids is 1. The van der Waals surface area contributed by atoms with Crippen LogP contribution in [0.3, 0.4) is 0 Å². The number of carboxylic acid groups (broad SMARTS) is 1. The number of rotatable bonds is 4. The van der Waals surface area contributed by atoms with Crippen molar-refractivity contribution in [3.8, 4) is 11.5 Å². The van der Waals surface area contributed by atoms with Gasteiger partial charge in [0.15, 0.2) is 5.75 Å². The summed E-state index contributed by atoms with van der Waals surface area (Å²) in [6.45, 7) is 0. The smallest absolute Gasteiger partial charge is 0.307 e. The summed E-state index contributed by atoms with van der Waals surface area (Å²) in [4.78, 5) is 15.2. The molecule has 0 unspecified atom stereocenters. The minimum absolute atomic E-state index is 0.0186. The Balaban J connectivity index is 1.98. The minimum atomic E-state index is -0.953. The van der Waals surface area contributed by atoms with Crippen molar-refractivity contribution in [2.75, 3.05) is 0 Å². The van der Waals surface area contributed by atoms with Crippen LogP contribution in [0, 0.1) is 0 Å². The number of benzene rings is 2. The molecule has 0 aliphatic carbocycles. The first-order chi connectivity index (χ1) is 12.3. The third-order valence-electron chi connectivity index (χ3n) is 3.76. The second kappa shape index (κ2) is 7.23. The van der Waals surface area contributed by atoms with Gasteiger partial charge in [-0.25, -0.2) is 4.98 Å². The zero-order valence-electron chi connectivity index (χ0n) is 13.3. The summed E-state index contributed by atoms with van der Waals surface area (Å²) in [7, 11) is 0. The first-order valence-electron chi connectivity index (χ1n) is 7.54. The number of aromatic nitrogens is 1. The summed E-state index contributed by atoms with van der Waals surface area (Å²) in [6.07, 6.45) is 3.10. The molecule has 3 N–H and O–H groups in total. The molecule has 1 heterocycles. The van der Waals surface area contributed by atoms with Gasteiger partial charge in [0, 0.05) is 10.9 Å². The molecule has 7 heteroatoms. The van der Waals surface area contributed by atoms with E-state index in [2.05, 4.69) is 4.98 Å². The molecule has 1 aromatic heterocycles. The molecule has 3 rings (SSSR count). The molecule has 0 bridgehead atoms. The molecular formula is C19H13Cl2NO4. The maximum absolute atomic E-state index is 10.8. The van der Waals surface area contributed by atoms with E-state index in [0.717, 1.165) is 0 Å². The fourth-order valence-corrected chi connectivity index (χ4v) is 3.02. The van der Waals surface area contributed by atoms with E-state index in [9.17, 15) is 15.0 Å². The van der Waals surface area contributed by atoms with Crippen LogP contribution in [-0.4, -0.2) is 26.3 Å². The van der Waals surface area contributed by atoms with Crippen molar-refractivity contribution in [2.45, 2.75) is 6.42 Å². The van der Waals surface area contributed by atoms with Gasteiger partial charge in [-0.1, -0.05) is 29.3 Å². The van der Waals surface area contributed by atoms with Gasteiger partial charge >= 0.3 is 5.97 Å². The lowest BCUT2D eigenvalue weighted by Gasteiger charge is -2.06. The number of halogens is 2. The van der Waals surface area contributed by atoms with Crippen LogP contribution in [-0.2, 0) is 11.2 Å². The number of carboxylic acids is 1. The molecule has 0 aliphatic heterocycles. The van der Waals surface area contributed by atoms with Gasteiger partial charge in [0.2, 0.25) is 0 Å². The van der Waals surface area contributed by atoms with Crippen LogP contribution < -0.4 is 0 Å². The van der Waals surface area contributed by atoms with Gasteiger partial charge < -0.3 is 15.3 Å². The van der Waals surface area contributed by atoms with Crippen molar-refractivity contribution in [1.29, 1.82) is 0 Å². The molecule has 2 aromatic carbocycles. The third kappa shape index (κ3) is 3.74. The van der Waals surface area contributed by atoms with E-state index in [0.29, 0.717) is 27.2 Å². The fraction of sp³-hybridized carbons (Fsp3) is 0.0526. The van der Waals surface area contributed by atoms with Gasteiger partial charge in [-0.05, 0) is 48.0 Å². The number of nitrogens with zero attached hydrogens (tertiary/aromatic N) is 1. The Morgan fingerprint density at radius 1 is 1.04 bits per heavy atom. The predicted octanol–water partition coefficient (Wildman–Crippen LogP) is 4.75. The Bertz CT molecular complexity index is 1050. The van der Waals surface area contributed by atoms with Crippen LogP contribution in [0.25, 0.3) is 23.1 Å². The van der Waals surface area contributed by atoms with Crippen molar-refractivity contribution in [3.63, 3.8) is 0 Å². The molecule has 0 amide bonds. The molecule has 0 fully saturated rings. The molecule has 3 aromatic rings. The SMILES string of the molecule is O=C(O)Cc1ccc(O)c(C=Cc2ccc3c(Cl)cc(Cl)c(O)c3n2)c1. The summed E-state index contributed by atoms with van der Waals surface area (Å²) in [5, 5.41) is 29.9. The Hall–Kier alpha value is -2.76. The van der Waals surface area contributed by atoms with Gasteiger partial charge in [-0.15, -0.1) is 0 Å². The second-order valence-electron chi connectivity index (χ2n) is 5.62. The summed E-state index contributed by atoms with van der Waals surface area (Å²) >= 11 is 12.0. The van der Waals surface area contributed by atoms with Crippen LogP contribution in [0.15, 0.2) is 36.4 Å². The Labute approximate surface area is 158 Å². The van der Waals surface area contributed by atoms with Gasteiger partial charge in [-0.3, -0.25) is 4.79 Å². The molecule has 0 atom stereocenters. The van der Waals surface area contributed by atoms with Gasteiger partial charge in [0.05, 0.1) is 22.2 Å². The molecule has 0 saturated heterocycles. The highest BCUT2D eigenvalue weighted by atomic mass is 35.5. The maximum Gasteiger partial charge on any atom is 0.307 e. The zero-order valence-corrected chi connectivity index (χ0v) is 14.8. The zero-order chi connectivity index (χ0) is 18.8. The molecule has 0 saturated carbocycles. The maximum atomic E-state index is 10.8. The lowest BCUT2D eigenvalue weighted by Crippen LogP contribution is -1.99. The van der Waals surface area contributed by atoms with Crippen molar-refractivity contribution < 1.29 is 20.1 Å². The van der Waals surface area contributed by atoms with Crippen LogP contribution in [0.1, 0.15) is 16.8 Å². The quantitative estimate of drug-likeness (QED) is 0.598. The van der Waals surface area contributed by atoms with Gasteiger partial charge in [0.25, 0.3) is 0 Å². The van der Waals surface area contributed by atoms with E-state index in [1.807, 2.05) is 0 Å². The Morgan fingerprint density at radius 3 is 2.54 bits per heavy atom. The minimum Gasteiger partial charge on any atom is -0.507 e. The topological polar surface area (TPSA) is 90.7 Å². The van der Waals surface area contributed by atoms with Crippen LogP contribution in [0.2, 0.25) is 10.0 Å². The van der Waals surface area contributed by atoms with Crippen molar-refractivity contribution in [2.24, 2.45) is 0 Å². The van der Waals surface area contributed by atoms with Gasteiger partial charge in [-0.2, -0.15) is 0 Å². The van der Waals surface area contributed by atoms with E-state index in [1.54, 1.807) is 36.4 Å². The van der Waals surface area contributed by atoms with E-state index in [4.69, 9.17) is 28.3 Å². The number of fused-ring (bicyclic) bond motifs is 1. The first-order valence-corrected chi connectivity index (χ1v) is 8.30. The standard InChI is InChI=1S/C19H13Cl2NO4/c20-14-9-15(21)19(26)18-13(14)5-4-12(22-18)3-2-11-7-10(8-17(24)25)1-6-16(11)23/h1-7,9,23,26H,8H2,(H,24,25). The normalized spacial score (nSPS) is 11.3. The third-order valence-corrected chi connectivity index (χ3v) is 4.36. The monoisotopic (exact) mass is 389 g/mol. The molecule has 0 spiro atoms. The van der Waals surface area contributed by atoms with Crippen molar-refractivity contribution >= 4 is 52.2 Å². The highest BCUT2D eigenvalue weighted by Gasteiger charge is 2.11. The number of phenolic OH excluding ortho intramolecular Hbond substituents is 2. The number of hydrogen-bond acceptors (Lipinski definition) is 4. The summed E-state index contributed by atoms with van der Waals surface area (Å²) in [6, 6.07) is 9.45. The highest BCUT2D eigenvalue weighted by Crippen LogP contribution is 2.36. The van der Waals surface area contributed by atoms with E-state index in [1.165, 1.54) is 12.1 Å². The Kier molecular flexibility index (Phi) is 5.02. The number of phenols is 2. The largest absolute Gasteiger partial charge is 0.507 e. The molecule has 0 radical (unpaired) electrons. The molecule has 5 nitrogen and oxygen atoms in total. The highest BCUT2D eigenvalue weighted by molar-refractivity contribution is 6.39. The molecule has 132 valence electrons. The van der Waals surface area contributed by atoms with Crippen LogP contribution in [0.5, 0.6) is 11.5 Å². The van der Waals surface area contributed by atoms with Crippen molar-refractivity contribution in [1.82, 2.24) is 4.98 Å². The Morgan fingerprint density at radius 2 is 1.81 bits per heavy atom. The van der Waals surface area contributed by atoms with E-state index >= 15 is 0 Å². The van der Waals surface area contributed by atoms with Crippen molar-refractivity contribution in [3.05, 3.63) is 63.3 Å². The molecular weight excluding hydrogens is 377 g/mol. The number of carbonyl (C=O) groups is 1. The fourth-order valence-electron chi connectivity index (χ4n) is 2.51. The second-order valence-corrected chi connectivity index (χ2v) is 6.43. The average molecular weight is 390 g/mol. The van der Waals surface area contributed by atoms with Gasteiger partial charge in [0.1, 0.15) is 11.3 Å². The first kappa shape index (κ1) is 18.0. The summed E-state index contributed by atoms with van der Waals surface area (Å²) in [5.41, 5.74) is 1.80. The summed E-state index contributed by atoms with van der Waals surface area (Å²) in [5.74, 6) is -1.09. The van der Waals surface area contributed by atoms with Crippen LogP contribution in [0.4, 0.5) is 0 Å². The lowest BCUT2D eigenvalue weighted by molar-refractivity contribution is -0.136. The number of hydrogen-bond donors (Lipinski definition) is 3. The lowest BCUT2D eigenvalue weighted by atomic mass is 10.1. The molecule has 0 aliphatic rings. The van der Waals surface area contributed by atoms with E-state index in [-0.39, 0.29) is 28.5 Å². The summed E-state index contributed by atoms with van der Waals surface area (Å²) < 4.78 is 0. The molecule has 26 heavy (non-hydrogen) atoms. The number of pyridine rings is 1. The predicted molar refractivity (Wildman–Crippen MR) is 102 cm³/mol. The van der Waals surface area contributed by atoms with Crippen LogP contribution >= 0.6 is 23.2 Å².